The summed E-state index contributed by atoms with van der Waals surface area (Å²) in [7, 11) is 0. The zero-order valence-electron chi connectivity index (χ0n) is 11.0. The van der Waals surface area contributed by atoms with E-state index in [0.717, 1.165) is 19.1 Å². The molecule has 1 aliphatic rings. The van der Waals surface area contributed by atoms with E-state index in [0.29, 0.717) is 25.2 Å². The maximum atomic E-state index is 11.9. The average Bonchev–Trinajstić information content (AvgIpc) is 2.22. The van der Waals surface area contributed by atoms with Crippen LogP contribution >= 0.6 is 0 Å². The fraction of sp³-hybridized carbons (Fsp3) is 0.786. The van der Waals surface area contributed by atoms with Gasteiger partial charge in [-0.15, -0.1) is 0 Å². The first-order valence-corrected chi connectivity index (χ1v) is 6.34. The summed E-state index contributed by atoms with van der Waals surface area (Å²) < 4.78 is 0. The first kappa shape index (κ1) is 14.1. The van der Waals surface area contributed by atoms with Crippen molar-refractivity contribution in [3.05, 3.63) is 0 Å². The minimum absolute atomic E-state index is 0.0734. The van der Waals surface area contributed by atoms with Crippen LogP contribution in [0.1, 0.15) is 52.9 Å². The van der Waals surface area contributed by atoms with Crippen molar-refractivity contribution in [2.45, 2.75) is 52.9 Å². The topological polar surface area (TPSA) is 51.2 Å². The second-order valence-electron chi connectivity index (χ2n) is 5.82. The quantitative estimate of drug-likeness (QED) is 0.640. The van der Waals surface area contributed by atoms with Gasteiger partial charge in [-0.2, -0.15) is 0 Å². The van der Waals surface area contributed by atoms with Crippen LogP contribution in [0, 0.1) is 17.3 Å². The Bertz CT molecular complexity index is 317. The van der Waals surface area contributed by atoms with E-state index in [1.165, 1.54) is 0 Å². The summed E-state index contributed by atoms with van der Waals surface area (Å²) in [5.41, 5.74) is 0.164. The van der Waals surface area contributed by atoms with Crippen molar-refractivity contribution in [1.29, 1.82) is 0 Å². The molecule has 17 heavy (non-hydrogen) atoms. The van der Waals surface area contributed by atoms with Crippen molar-refractivity contribution in [3.63, 3.8) is 0 Å². The maximum Gasteiger partial charge on any atom is 0.136 e. The Labute approximate surface area is 103 Å². The third kappa shape index (κ3) is 3.48. The summed E-state index contributed by atoms with van der Waals surface area (Å²) in [5, 5.41) is 0. The van der Waals surface area contributed by atoms with E-state index in [1.54, 1.807) is 6.92 Å². The smallest absolute Gasteiger partial charge is 0.136 e. The molecule has 0 heterocycles. The number of aldehydes is 1. The lowest BCUT2D eigenvalue weighted by Gasteiger charge is -2.51. The Morgan fingerprint density at radius 1 is 1.29 bits per heavy atom. The zero-order valence-corrected chi connectivity index (χ0v) is 11.0. The normalized spacial score (nSPS) is 26.1. The molecular formula is C14H22O3. The fourth-order valence-electron chi connectivity index (χ4n) is 2.92. The van der Waals surface area contributed by atoms with Gasteiger partial charge >= 0.3 is 0 Å². The standard InChI is InChI=1S/C14H22O3/c1-10(16)6-7-12-11(9-14(12,2)3)13(17)5-4-8-15/h8,11-12H,4-7,9H2,1-3H3. The van der Waals surface area contributed by atoms with Gasteiger partial charge in [-0.3, -0.25) is 4.79 Å². The van der Waals surface area contributed by atoms with Gasteiger partial charge < -0.3 is 9.59 Å². The first-order chi connectivity index (χ1) is 7.88. The summed E-state index contributed by atoms with van der Waals surface area (Å²) in [6, 6.07) is 0. The van der Waals surface area contributed by atoms with E-state index in [1.807, 2.05) is 0 Å². The highest BCUT2D eigenvalue weighted by molar-refractivity contribution is 5.84. The number of rotatable bonds is 7. The second kappa shape index (κ2) is 5.56. The molecule has 3 nitrogen and oxygen atoms in total. The molecule has 0 amide bonds. The molecule has 1 saturated carbocycles. The number of Topliss-reactive ketones (excluding diaryl/α,β-unsaturated/α-hetero) is 2. The van der Waals surface area contributed by atoms with Gasteiger partial charge in [-0.1, -0.05) is 13.8 Å². The van der Waals surface area contributed by atoms with Gasteiger partial charge in [0.2, 0.25) is 0 Å². The predicted octanol–water partition coefficient (Wildman–Crippen LogP) is 2.57. The van der Waals surface area contributed by atoms with Gasteiger partial charge in [0.15, 0.2) is 0 Å². The van der Waals surface area contributed by atoms with E-state index in [9.17, 15) is 14.4 Å². The molecule has 1 rings (SSSR count). The van der Waals surface area contributed by atoms with Crippen molar-refractivity contribution in [2.75, 3.05) is 0 Å². The second-order valence-corrected chi connectivity index (χ2v) is 5.82. The molecule has 1 aliphatic carbocycles. The van der Waals surface area contributed by atoms with Gasteiger partial charge in [0.25, 0.3) is 0 Å². The summed E-state index contributed by atoms with van der Waals surface area (Å²) in [6.45, 7) is 5.90. The van der Waals surface area contributed by atoms with Gasteiger partial charge in [-0.25, -0.2) is 0 Å². The molecule has 2 unspecified atom stereocenters. The maximum absolute atomic E-state index is 11.9. The first-order valence-electron chi connectivity index (χ1n) is 6.34. The van der Waals surface area contributed by atoms with E-state index in [2.05, 4.69) is 13.8 Å². The lowest BCUT2D eigenvalue weighted by Crippen LogP contribution is -2.47. The Hall–Kier alpha value is -0.990. The molecule has 0 aromatic carbocycles. The van der Waals surface area contributed by atoms with Gasteiger partial charge in [0, 0.05) is 25.2 Å². The molecule has 0 aromatic rings. The molecule has 2 atom stereocenters. The number of hydrogen-bond donors (Lipinski definition) is 0. The number of carbonyl (C=O) groups is 3. The highest BCUT2D eigenvalue weighted by Gasteiger charge is 2.49. The number of hydrogen-bond acceptors (Lipinski definition) is 3. The van der Waals surface area contributed by atoms with Crippen LogP contribution in [-0.2, 0) is 14.4 Å². The van der Waals surface area contributed by atoms with Crippen LogP contribution in [0.2, 0.25) is 0 Å². The molecule has 0 radical (unpaired) electrons. The Balaban J connectivity index is 2.53. The molecule has 96 valence electrons. The van der Waals surface area contributed by atoms with Gasteiger partial charge in [0.05, 0.1) is 0 Å². The molecule has 0 bridgehead atoms. The molecule has 0 spiro atoms. The van der Waals surface area contributed by atoms with E-state index in [4.69, 9.17) is 0 Å². The van der Waals surface area contributed by atoms with E-state index >= 15 is 0 Å². The van der Waals surface area contributed by atoms with Crippen LogP contribution in [0.15, 0.2) is 0 Å². The lowest BCUT2D eigenvalue weighted by atomic mass is 9.53. The minimum Gasteiger partial charge on any atom is -0.303 e. The molecule has 0 aliphatic heterocycles. The summed E-state index contributed by atoms with van der Waals surface area (Å²) >= 11 is 0. The third-order valence-electron chi connectivity index (χ3n) is 3.97. The van der Waals surface area contributed by atoms with E-state index < -0.39 is 0 Å². The van der Waals surface area contributed by atoms with Crippen molar-refractivity contribution < 1.29 is 14.4 Å². The fourth-order valence-corrected chi connectivity index (χ4v) is 2.92. The molecule has 0 N–H and O–H groups in total. The Morgan fingerprint density at radius 3 is 2.41 bits per heavy atom. The molecule has 1 fully saturated rings. The number of ketones is 2. The van der Waals surface area contributed by atoms with Gasteiger partial charge in [-0.05, 0) is 31.1 Å². The van der Waals surface area contributed by atoms with Crippen LogP contribution in [0.25, 0.3) is 0 Å². The zero-order chi connectivity index (χ0) is 13.1. The predicted molar refractivity (Wildman–Crippen MR) is 65.6 cm³/mol. The molecule has 0 aromatic heterocycles. The monoisotopic (exact) mass is 238 g/mol. The van der Waals surface area contributed by atoms with Crippen LogP contribution in [0.3, 0.4) is 0 Å². The van der Waals surface area contributed by atoms with Crippen molar-refractivity contribution in [1.82, 2.24) is 0 Å². The van der Waals surface area contributed by atoms with Crippen molar-refractivity contribution in [2.24, 2.45) is 17.3 Å². The summed E-state index contributed by atoms with van der Waals surface area (Å²) in [4.78, 5) is 33.2. The van der Waals surface area contributed by atoms with Crippen LogP contribution < -0.4 is 0 Å². The molecule has 0 saturated heterocycles. The SMILES string of the molecule is CC(=O)CCC1C(C(=O)CCC=O)CC1(C)C. The lowest BCUT2D eigenvalue weighted by molar-refractivity contribution is -0.138. The van der Waals surface area contributed by atoms with Crippen LogP contribution in [0.4, 0.5) is 0 Å². The minimum atomic E-state index is 0.0734. The molecule has 3 heteroatoms. The number of carbonyl (C=O) groups excluding carboxylic acids is 3. The van der Waals surface area contributed by atoms with Crippen molar-refractivity contribution in [3.8, 4) is 0 Å². The van der Waals surface area contributed by atoms with Crippen molar-refractivity contribution >= 4 is 17.9 Å². The highest BCUT2D eigenvalue weighted by Crippen LogP contribution is 2.53. The van der Waals surface area contributed by atoms with E-state index in [-0.39, 0.29) is 22.9 Å². The third-order valence-corrected chi connectivity index (χ3v) is 3.97. The highest BCUT2D eigenvalue weighted by atomic mass is 16.1. The Morgan fingerprint density at radius 2 is 1.94 bits per heavy atom. The largest absolute Gasteiger partial charge is 0.303 e. The summed E-state index contributed by atoms with van der Waals surface area (Å²) in [6.07, 6.45) is 3.75. The van der Waals surface area contributed by atoms with Crippen LogP contribution in [0.5, 0.6) is 0 Å². The summed E-state index contributed by atoms with van der Waals surface area (Å²) in [5.74, 6) is 0.770. The van der Waals surface area contributed by atoms with Gasteiger partial charge in [0.1, 0.15) is 17.9 Å². The Kier molecular flexibility index (Phi) is 4.61. The molecular weight excluding hydrogens is 216 g/mol. The van der Waals surface area contributed by atoms with Crippen LogP contribution in [-0.4, -0.2) is 17.9 Å². The average molecular weight is 238 g/mol.